The van der Waals surface area contributed by atoms with E-state index in [0.29, 0.717) is 39.0 Å². The molecule has 3 heterocycles. The minimum absolute atomic E-state index is 0.00174. The van der Waals surface area contributed by atoms with Gasteiger partial charge in [0.15, 0.2) is 0 Å². The Labute approximate surface area is 164 Å². The number of hydrogen-bond acceptors (Lipinski definition) is 4. The lowest BCUT2D eigenvalue weighted by Crippen LogP contribution is -2.45. The number of nitrogens with zero attached hydrogens (tertiary/aromatic N) is 1. The lowest BCUT2D eigenvalue weighted by atomic mass is 9.71. The quantitative estimate of drug-likeness (QED) is 0.772. The van der Waals surface area contributed by atoms with Crippen molar-refractivity contribution in [1.82, 2.24) is 9.88 Å². The van der Waals surface area contributed by atoms with Crippen LogP contribution in [-0.4, -0.2) is 53.2 Å². The smallest absolute Gasteiger partial charge is 0.311 e. The highest BCUT2D eigenvalue weighted by atomic mass is 16.5. The molecule has 2 saturated heterocycles. The number of likely N-dealkylation sites (tertiary alicyclic amines) is 1. The Morgan fingerprint density at radius 3 is 2.68 bits per heavy atom. The lowest BCUT2D eigenvalue weighted by Gasteiger charge is -2.36. The summed E-state index contributed by atoms with van der Waals surface area (Å²) in [6.45, 7) is 1.68. The van der Waals surface area contributed by atoms with Gasteiger partial charge in [-0.3, -0.25) is 14.4 Å². The van der Waals surface area contributed by atoms with E-state index in [1.807, 2.05) is 0 Å². The summed E-state index contributed by atoms with van der Waals surface area (Å²) in [5, 5.41) is 9.98. The molecular weight excluding hydrogens is 360 g/mol. The molecule has 2 N–H and O–H groups in total. The van der Waals surface area contributed by atoms with E-state index in [9.17, 15) is 19.5 Å². The number of nitrogens with one attached hydrogen (secondary N) is 1. The highest BCUT2D eigenvalue weighted by Gasteiger charge is 2.52. The van der Waals surface area contributed by atoms with E-state index in [-0.39, 0.29) is 29.5 Å². The van der Waals surface area contributed by atoms with Gasteiger partial charge in [0, 0.05) is 32.0 Å². The van der Waals surface area contributed by atoms with Crippen LogP contribution in [0.4, 0.5) is 0 Å². The Morgan fingerprint density at radius 1 is 1.18 bits per heavy atom. The zero-order valence-corrected chi connectivity index (χ0v) is 16.2. The maximum atomic E-state index is 13.1. The molecule has 4 rings (SSSR count). The van der Waals surface area contributed by atoms with E-state index in [1.54, 1.807) is 11.0 Å². The minimum atomic E-state index is -0.933. The third-order valence-electron chi connectivity index (χ3n) is 6.84. The average Bonchev–Trinajstić information content (AvgIpc) is 3.04. The van der Waals surface area contributed by atoms with E-state index < -0.39 is 11.4 Å². The van der Waals surface area contributed by atoms with Gasteiger partial charge in [0.25, 0.3) is 11.5 Å². The number of amides is 1. The van der Waals surface area contributed by atoms with Crippen LogP contribution in [-0.2, 0) is 22.4 Å². The molecule has 1 aromatic rings. The summed E-state index contributed by atoms with van der Waals surface area (Å²) in [6, 6.07) is 1.75. The Morgan fingerprint density at radius 2 is 1.93 bits per heavy atom. The number of ether oxygens (including phenoxy) is 1. The summed E-state index contributed by atoms with van der Waals surface area (Å²) in [5.41, 5.74) is 0.854. The van der Waals surface area contributed by atoms with Gasteiger partial charge in [0.2, 0.25) is 0 Å². The molecule has 152 valence electrons. The first-order valence-corrected chi connectivity index (χ1v) is 10.4. The van der Waals surface area contributed by atoms with Crippen LogP contribution in [0, 0.1) is 11.3 Å². The summed E-state index contributed by atoms with van der Waals surface area (Å²) in [7, 11) is 0. The minimum Gasteiger partial charge on any atom is -0.481 e. The third kappa shape index (κ3) is 3.36. The topological polar surface area (TPSA) is 99.7 Å². The molecule has 1 aliphatic carbocycles. The van der Waals surface area contributed by atoms with Gasteiger partial charge in [0.05, 0.1) is 5.41 Å². The fourth-order valence-corrected chi connectivity index (χ4v) is 5.12. The highest BCUT2D eigenvalue weighted by Crippen LogP contribution is 2.43. The molecular formula is C21H28N2O5. The maximum absolute atomic E-state index is 13.1. The number of pyridine rings is 1. The number of carbonyl (C=O) groups is 2. The fraction of sp³-hybridized carbons (Fsp3) is 0.667. The van der Waals surface area contributed by atoms with Crippen LogP contribution in [0.1, 0.15) is 60.1 Å². The van der Waals surface area contributed by atoms with Crippen molar-refractivity contribution in [1.29, 1.82) is 0 Å². The number of rotatable bonds is 3. The van der Waals surface area contributed by atoms with Crippen LogP contribution in [0.3, 0.4) is 0 Å². The van der Waals surface area contributed by atoms with Crippen LogP contribution in [0.15, 0.2) is 10.9 Å². The molecule has 3 aliphatic rings. The molecule has 0 radical (unpaired) electrons. The van der Waals surface area contributed by atoms with Crippen molar-refractivity contribution in [2.45, 2.75) is 51.4 Å². The summed E-state index contributed by atoms with van der Waals surface area (Å²) < 4.78 is 5.39. The molecule has 7 heteroatoms. The Kier molecular flexibility index (Phi) is 5.27. The predicted octanol–water partition coefficient (Wildman–Crippen LogP) is 1.99. The number of carboxylic acid groups (broad SMARTS) is 1. The van der Waals surface area contributed by atoms with Gasteiger partial charge in [-0.05, 0) is 62.5 Å². The fourth-order valence-electron chi connectivity index (χ4n) is 5.12. The van der Waals surface area contributed by atoms with Crippen molar-refractivity contribution in [3.05, 3.63) is 33.2 Å². The van der Waals surface area contributed by atoms with Gasteiger partial charge < -0.3 is 19.7 Å². The second kappa shape index (κ2) is 7.70. The number of aliphatic carboxylic acids is 1. The number of H-pyrrole nitrogens is 1. The largest absolute Gasteiger partial charge is 0.481 e. The number of aromatic nitrogens is 1. The van der Waals surface area contributed by atoms with E-state index in [2.05, 4.69) is 4.98 Å². The second-order valence-electron chi connectivity index (χ2n) is 8.40. The zero-order chi connectivity index (χ0) is 19.7. The molecule has 0 spiro atoms. The first-order valence-electron chi connectivity index (χ1n) is 10.4. The van der Waals surface area contributed by atoms with E-state index in [4.69, 9.17) is 4.74 Å². The molecule has 1 amide bonds. The molecule has 0 saturated carbocycles. The number of carbonyl (C=O) groups excluding carboxylic acids is 1. The van der Waals surface area contributed by atoms with Crippen LogP contribution in [0.25, 0.3) is 0 Å². The molecule has 1 unspecified atom stereocenters. The first-order chi connectivity index (χ1) is 13.5. The van der Waals surface area contributed by atoms with Crippen LogP contribution >= 0.6 is 0 Å². The van der Waals surface area contributed by atoms with Crippen LogP contribution in [0.2, 0.25) is 0 Å². The van der Waals surface area contributed by atoms with Gasteiger partial charge in [-0.25, -0.2) is 0 Å². The van der Waals surface area contributed by atoms with Gasteiger partial charge >= 0.3 is 5.97 Å². The van der Waals surface area contributed by atoms with E-state index in [0.717, 1.165) is 43.4 Å². The van der Waals surface area contributed by atoms with Gasteiger partial charge in [-0.1, -0.05) is 6.42 Å². The normalized spacial score (nSPS) is 25.9. The van der Waals surface area contributed by atoms with Crippen molar-refractivity contribution in [2.75, 3.05) is 26.3 Å². The summed E-state index contributed by atoms with van der Waals surface area (Å²) >= 11 is 0. The lowest BCUT2D eigenvalue weighted by molar-refractivity contribution is -0.154. The molecule has 2 fully saturated rings. The molecule has 1 atom stereocenters. The van der Waals surface area contributed by atoms with Gasteiger partial charge in [-0.15, -0.1) is 0 Å². The maximum Gasteiger partial charge on any atom is 0.311 e. The third-order valence-corrected chi connectivity index (χ3v) is 6.84. The summed E-state index contributed by atoms with van der Waals surface area (Å²) in [4.78, 5) is 42.3. The number of aromatic amines is 1. The number of carboxylic acids is 1. The van der Waals surface area contributed by atoms with Gasteiger partial charge in [0.1, 0.15) is 5.56 Å². The SMILES string of the molecule is O=C(c1cc2c([nH]c1=O)CCCCC2)N1CCC(C(=O)O)(C2CCOCC2)C1. The zero-order valence-electron chi connectivity index (χ0n) is 16.2. The van der Waals surface area contributed by atoms with Crippen LogP contribution in [0.5, 0.6) is 0 Å². The number of aryl methyl sites for hydroxylation is 2. The van der Waals surface area contributed by atoms with Gasteiger partial charge in [-0.2, -0.15) is 0 Å². The Hall–Kier alpha value is -2.15. The molecule has 0 aromatic carbocycles. The van der Waals surface area contributed by atoms with E-state index in [1.165, 1.54) is 0 Å². The summed E-state index contributed by atoms with van der Waals surface area (Å²) in [6.07, 6.45) is 6.78. The van der Waals surface area contributed by atoms with Crippen molar-refractivity contribution in [3.8, 4) is 0 Å². The molecule has 1 aromatic heterocycles. The monoisotopic (exact) mass is 388 g/mol. The van der Waals surface area contributed by atoms with Crippen molar-refractivity contribution in [2.24, 2.45) is 11.3 Å². The van der Waals surface area contributed by atoms with Crippen molar-refractivity contribution in [3.63, 3.8) is 0 Å². The molecule has 2 aliphatic heterocycles. The number of fused-ring (bicyclic) bond motifs is 1. The predicted molar refractivity (Wildman–Crippen MR) is 102 cm³/mol. The summed E-state index contributed by atoms with van der Waals surface area (Å²) in [5.74, 6) is -1.18. The Balaban J connectivity index is 1.58. The van der Waals surface area contributed by atoms with Crippen molar-refractivity contribution < 1.29 is 19.4 Å². The van der Waals surface area contributed by atoms with Crippen LogP contribution < -0.4 is 5.56 Å². The second-order valence-corrected chi connectivity index (χ2v) is 8.40. The number of hydrogen-bond donors (Lipinski definition) is 2. The first kappa shape index (κ1) is 19.2. The average molecular weight is 388 g/mol. The van der Waals surface area contributed by atoms with E-state index >= 15 is 0 Å². The molecule has 28 heavy (non-hydrogen) atoms. The Bertz CT molecular complexity index is 827. The highest BCUT2D eigenvalue weighted by molar-refractivity contribution is 5.95. The molecule has 7 nitrogen and oxygen atoms in total. The molecule has 0 bridgehead atoms. The van der Waals surface area contributed by atoms with Crippen molar-refractivity contribution >= 4 is 11.9 Å². The standard InChI is InChI=1S/C21H28N2O5/c24-18-16(12-14-4-2-1-3-5-17(14)22-18)19(25)23-9-8-21(13-23,20(26)27)15-6-10-28-11-7-15/h12,15H,1-11,13H2,(H,22,24)(H,26,27).